The topological polar surface area (TPSA) is 17.1 Å². The quantitative estimate of drug-likeness (QED) is 0.779. The Labute approximate surface area is 109 Å². The molecule has 0 aliphatic carbocycles. The Morgan fingerprint density at radius 1 is 1.38 bits per heavy atom. The largest absolute Gasteiger partial charge is 0.294 e. The summed E-state index contributed by atoms with van der Waals surface area (Å²) >= 11 is 5.41. The third-order valence-corrected chi connectivity index (χ3v) is 4.50. The normalized spacial score (nSPS) is 17.3. The monoisotopic (exact) mass is 298 g/mol. The zero-order valence-electron chi connectivity index (χ0n) is 9.12. The molecule has 1 nitrogen and oxygen atoms in total. The average Bonchev–Trinajstić information content (AvgIpc) is 2.30. The molecule has 0 radical (unpaired) electrons. The number of hydrogen-bond acceptors (Lipinski definition) is 2. The fraction of sp³-hybridized carbons (Fsp3) is 0.462. The van der Waals surface area contributed by atoms with Gasteiger partial charge < -0.3 is 0 Å². The van der Waals surface area contributed by atoms with E-state index in [1.807, 2.05) is 36.0 Å². The van der Waals surface area contributed by atoms with Crippen LogP contribution in [0.15, 0.2) is 28.7 Å². The zero-order chi connectivity index (χ0) is 11.4. The molecule has 1 saturated heterocycles. The Kier molecular flexibility index (Phi) is 4.47. The molecule has 0 bridgehead atoms. The van der Waals surface area contributed by atoms with Crippen molar-refractivity contribution in [2.75, 3.05) is 11.5 Å². The Morgan fingerprint density at radius 2 is 2.12 bits per heavy atom. The van der Waals surface area contributed by atoms with Gasteiger partial charge >= 0.3 is 0 Å². The second-order valence-corrected chi connectivity index (χ2v) is 6.33. The van der Waals surface area contributed by atoms with Crippen LogP contribution in [0.4, 0.5) is 0 Å². The lowest BCUT2D eigenvalue weighted by atomic mass is 9.93. The van der Waals surface area contributed by atoms with Crippen LogP contribution in [0.25, 0.3) is 0 Å². The highest BCUT2D eigenvalue weighted by Crippen LogP contribution is 2.26. The highest BCUT2D eigenvalue weighted by Gasteiger charge is 2.18. The molecule has 86 valence electrons. The van der Waals surface area contributed by atoms with Crippen LogP contribution < -0.4 is 0 Å². The smallest absolute Gasteiger partial charge is 0.163 e. The molecule has 3 heteroatoms. The maximum atomic E-state index is 12.0. The number of benzene rings is 1. The van der Waals surface area contributed by atoms with Crippen molar-refractivity contribution in [2.45, 2.75) is 19.3 Å². The zero-order valence-corrected chi connectivity index (χ0v) is 11.5. The van der Waals surface area contributed by atoms with E-state index < -0.39 is 0 Å². The van der Waals surface area contributed by atoms with E-state index in [0.717, 1.165) is 16.5 Å². The summed E-state index contributed by atoms with van der Waals surface area (Å²) in [4.78, 5) is 12.0. The summed E-state index contributed by atoms with van der Waals surface area (Å²) < 4.78 is 0.984. The van der Waals surface area contributed by atoms with Crippen molar-refractivity contribution in [2.24, 2.45) is 5.92 Å². The van der Waals surface area contributed by atoms with Gasteiger partial charge in [-0.25, -0.2) is 0 Å². The summed E-state index contributed by atoms with van der Waals surface area (Å²) in [5, 5.41) is 0. The van der Waals surface area contributed by atoms with Gasteiger partial charge in [0.1, 0.15) is 0 Å². The van der Waals surface area contributed by atoms with Crippen molar-refractivity contribution in [1.82, 2.24) is 0 Å². The number of halogens is 1. The fourth-order valence-electron chi connectivity index (χ4n) is 1.99. The van der Waals surface area contributed by atoms with Crippen LogP contribution in [0.3, 0.4) is 0 Å². The van der Waals surface area contributed by atoms with Crippen molar-refractivity contribution >= 4 is 33.5 Å². The van der Waals surface area contributed by atoms with Crippen LogP contribution in [-0.4, -0.2) is 17.3 Å². The predicted molar refractivity (Wildman–Crippen MR) is 73.1 cm³/mol. The highest BCUT2D eigenvalue weighted by atomic mass is 79.9. The number of thioether (sulfide) groups is 1. The van der Waals surface area contributed by atoms with Crippen LogP contribution in [0.1, 0.15) is 29.6 Å². The SMILES string of the molecule is O=C(CC1CCSCC1)c1cccc(Br)c1. The molecular formula is C13H15BrOS. The molecule has 0 aromatic heterocycles. The molecule has 0 spiro atoms. The number of hydrogen-bond donors (Lipinski definition) is 0. The van der Waals surface area contributed by atoms with Crippen molar-refractivity contribution in [3.8, 4) is 0 Å². The molecule has 0 unspecified atom stereocenters. The van der Waals surface area contributed by atoms with E-state index in [1.165, 1.54) is 24.3 Å². The Balaban J connectivity index is 1.97. The van der Waals surface area contributed by atoms with Crippen molar-refractivity contribution < 1.29 is 4.79 Å². The molecule has 2 rings (SSSR count). The molecule has 16 heavy (non-hydrogen) atoms. The maximum absolute atomic E-state index is 12.0. The van der Waals surface area contributed by atoms with Gasteiger partial charge in [-0.1, -0.05) is 28.1 Å². The lowest BCUT2D eigenvalue weighted by Crippen LogP contribution is -2.14. The molecule has 1 aromatic rings. The van der Waals surface area contributed by atoms with Crippen LogP contribution in [0.2, 0.25) is 0 Å². The Hall–Kier alpha value is -0.280. The number of rotatable bonds is 3. The van der Waals surface area contributed by atoms with Gasteiger partial charge in [-0.15, -0.1) is 0 Å². The molecule has 0 atom stereocenters. The van der Waals surface area contributed by atoms with E-state index in [2.05, 4.69) is 15.9 Å². The van der Waals surface area contributed by atoms with Gasteiger partial charge in [0.2, 0.25) is 0 Å². The summed E-state index contributed by atoms with van der Waals surface area (Å²) in [6.45, 7) is 0. The van der Waals surface area contributed by atoms with E-state index >= 15 is 0 Å². The van der Waals surface area contributed by atoms with Gasteiger partial charge in [-0.3, -0.25) is 4.79 Å². The predicted octanol–water partition coefficient (Wildman–Crippen LogP) is 4.17. The summed E-state index contributed by atoms with van der Waals surface area (Å²) in [6, 6.07) is 7.70. The average molecular weight is 299 g/mol. The van der Waals surface area contributed by atoms with E-state index in [9.17, 15) is 4.79 Å². The number of carbonyl (C=O) groups excluding carboxylic acids is 1. The maximum Gasteiger partial charge on any atom is 0.163 e. The summed E-state index contributed by atoms with van der Waals surface area (Å²) in [5.74, 6) is 3.33. The fourth-order valence-corrected chi connectivity index (χ4v) is 3.60. The summed E-state index contributed by atoms with van der Waals surface area (Å²) in [7, 11) is 0. The molecule has 1 aliphatic heterocycles. The summed E-state index contributed by atoms with van der Waals surface area (Å²) in [5.41, 5.74) is 0.840. The molecule has 1 heterocycles. The Bertz CT molecular complexity index is 372. The van der Waals surface area contributed by atoms with Crippen LogP contribution in [0.5, 0.6) is 0 Å². The first kappa shape index (κ1) is 12.2. The van der Waals surface area contributed by atoms with Gasteiger partial charge in [0, 0.05) is 16.5 Å². The molecule has 0 amide bonds. The van der Waals surface area contributed by atoms with Crippen LogP contribution in [0, 0.1) is 5.92 Å². The Morgan fingerprint density at radius 3 is 2.81 bits per heavy atom. The molecule has 1 aromatic carbocycles. The van der Waals surface area contributed by atoms with Crippen molar-refractivity contribution in [1.29, 1.82) is 0 Å². The first-order valence-corrected chi connectivity index (χ1v) is 7.57. The first-order chi connectivity index (χ1) is 7.75. The minimum atomic E-state index is 0.290. The minimum Gasteiger partial charge on any atom is -0.294 e. The van der Waals surface area contributed by atoms with E-state index in [1.54, 1.807) is 0 Å². The number of carbonyl (C=O) groups is 1. The van der Waals surface area contributed by atoms with Gasteiger partial charge in [0.15, 0.2) is 5.78 Å². The first-order valence-electron chi connectivity index (χ1n) is 5.62. The number of Topliss-reactive ketones (excluding diaryl/α,β-unsaturated/α-hetero) is 1. The lowest BCUT2D eigenvalue weighted by Gasteiger charge is -2.20. The van der Waals surface area contributed by atoms with Gasteiger partial charge in [0.25, 0.3) is 0 Å². The molecule has 0 N–H and O–H groups in total. The van der Waals surface area contributed by atoms with Gasteiger partial charge in [-0.2, -0.15) is 11.8 Å². The van der Waals surface area contributed by atoms with Crippen LogP contribution >= 0.6 is 27.7 Å². The van der Waals surface area contributed by atoms with Gasteiger partial charge in [0.05, 0.1) is 0 Å². The third-order valence-electron chi connectivity index (χ3n) is 2.96. The third kappa shape index (κ3) is 3.36. The lowest BCUT2D eigenvalue weighted by molar-refractivity contribution is 0.0958. The van der Waals surface area contributed by atoms with E-state index in [-0.39, 0.29) is 0 Å². The minimum absolute atomic E-state index is 0.290. The number of ketones is 1. The van der Waals surface area contributed by atoms with E-state index in [4.69, 9.17) is 0 Å². The van der Waals surface area contributed by atoms with Crippen molar-refractivity contribution in [3.05, 3.63) is 34.3 Å². The molecule has 0 saturated carbocycles. The molecule has 1 aliphatic rings. The standard InChI is InChI=1S/C13H15BrOS/c14-12-3-1-2-11(9-12)13(15)8-10-4-6-16-7-5-10/h1-3,9-10H,4-8H2. The second kappa shape index (κ2) is 5.87. The second-order valence-electron chi connectivity index (χ2n) is 4.19. The molecular weight excluding hydrogens is 284 g/mol. The highest BCUT2D eigenvalue weighted by molar-refractivity contribution is 9.10. The van der Waals surface area contributed by atoms with E-state index in [0.29, 0.717) is 11.7 Å². The summed E-state index contributed by atoms with van der Waals surface area (Å²) in [6.07, 6.45) is 3.12. The van der Waals surface area contributed by atoms with Crippen LogP contribution in [-0.2, 0) is 0 Å². The molecule has 1 fully saturated rings. The van der Waals surface area contributed by atoms with Crippen molar-refractivity contribution in [3.63, 3.8) is 0 Å². The van der Waals surface area contributed by atoms with Gasteiger partial charge in [-0.05, 0) is 42.4 Å².